The molecule has 0 unspecified atom stereocenters. The van der Waals surface area contributed by atoms with E-state index in [1.807, 2.05) is 13.1 Å². The van der Waals surface area contributed by atoms with Gasteiger partial charge in [-0.15, -0.1) is 0 Å². The number of carbonyl (C=O) groups excluding carboxylic acids is 1. The average Bonchev–Trinajstić information content (AvgIpc) is 2.44. The second-order valence-corrected chi connectivity index (χ2v) is 6.42. The van der Waals surface area contributed by atoms with Crippen LogP contribution >= 0.6 is 15.9 Å². The highest BCUT2D eigenvalue weighted by atomic mass is 79.9. The van der Waals surface area contributed by atoms with Crippen molar-refractivity contribution in [3.8, 4) is 0 Å². The van der Waals surface area contributed by atoms with Gasteiger partial charge in [0.25, 0.3) is 5.91 Å². The Hall–Kier alpha value is -1.10. The van der Waals surface area contributed by atoms with Crippen molar-refractivity contribution in [2.45, 2.75) is 46.1 Å². The van der Waals surface area contributed by atoms with Gasteiger partial charge in [0.2, 0.25) is 0 Å². The van der Waals surface area contributed by atoms with Crippen LogP contribution in [0.1, 0.15) is 50.9 Å². The van der Waals surface area contributed by atoms with E-state index in [-0.39, 0.29) is 11.4 Å². The van der Waals surface area contributed by atoms with Crippen LogP contribution < -0.4 is 5.32 Å². The minimum absolute atomic E-state index is 0.00995. The molecular formula is C15H24BrN3O. The molecule has 20 heavy (non-hydrogen) atoms. The molecule has 1 amide bonds. The molecule has 0 saturated heterocycles. The molecule has 0 spiro atoms. The predicted octanol–water partition coefficient (Wildman–Crippen LogP) is 3.93. The number of pyridine rings is 1. The SMILES string of the molecule is CCCNc1ncc(Br)cc1C(=O)N(C)C(C)(C)CC. The molecule has 0 bridgehead atoms. The molecule has 0 aliphatic rings. The summed E-state index contributed by atoms with van der Waals surface area (Å²) >= 11 is 3.39. The molecule has 0 saturated carbocycles. The van der Waals surface area contributed by atoms with Gasteiger partial charge in [0, 0.05) is 29.8 Å². The van der Waals surface area contributed by atoms with Crippen LogP contribution in [-0.2, 0) is 0 Å². The van der Waals surface area contributed by atoms with E-state index in [0.717, 1.165) is 23.9 Å². The third-order valence-electron chi connectivity index (χ3n) is 3.71. The lowest BCUT2D eigenvalue weighted by Crippen LogP contribution is -2.44. The molecule has 0 aliphatic carbocycles. The van der Waals surface area contributed by atoms with Crippen molar-refractivity contribution in [1.82, 2.24) is 9.88 Å². The quantitative estimate of drug-likeness (QED) is 0.852. The molecule has 1 rings (SSSR count). The highest BCUT2D eigenvalue weighted by Gasteiger charge is 2.28. The van der Waals surface area contributed by atoms with Gasteiger partial charge in [-0.2, -0.15) is 0 Å². The highest BCUT2D eigenvalue weighted by molar-refractivity contribution is 9.10. The maximum atomic E-state index is 12.7. The van der Waals surface area contributed by atoms with E-state index in [0.29, 0.717) is 11.4 Å². The summed E-state index contributed by atoms with van der Waals surface area (Å²) in [5.41, 5.74) is 0.429. The van der Waals surface area contributed by atoms with Crippen molar-refractivity contribution in [1.29, 1.82) is 0 Å². The largest absolute Gasteiger partial charge is 0.369 e. The smallest absolute Gasteiger partial charge is 0.257 e. The zero-order valence-electron chi connectivity index (χ0n) is 13.0. The Labute approximate surface area is 130 Å². The van der Waals surface area contributed by atoms with Crippen LogP contribution in [0.4, 0.5) is 5.82 Å². The number of hydrogen-bond acceptors (Lipinski definition) is 3. The molecule has 5 heteroatoms. The summed E-state index contributed by atoms with van der Waals surface area (Å²) in [5.74, 6) is 0.642. The topological polar surface area (TPSA) is 45.2 Å². The normalized spacial score (nSPS) is 11.3. The Kier molecular flexibility index (Phi) is 5.99. The Morgan fingerprint density at radius 1 is 1.45 bits per heavy atom. The van der Waals surface area contributed by atoms with Crippen LogP contribution in [-0.4, -0.2) is 34.9 Å². The van der Waals surface area contributed by atoms with Gasteiger partial charge in [-0.05, 0) is 48.7 Å². The molecule has 0 aliphatic heterocycles. The van der Waals surface area contributed by atoms with Crippen LogP contribution in [0.2, 0.25) is 0 Å². The van der Waals surface area contributed by atoms with Gasteiger partial charge in [-0.3, -0.25) is 4.79 Å². The van der Waals surface area contributed by atoms with Crippen molar-refractivity contribution < 1.29 is 4.79 Å². The van der Waals surface area contributed by atoms with Crippen LogP contribution in [0.3, 0.4) is 0 Å². The van der Waals surface area contributed by atoms with E-state index in [4.69, 9.17) is 0 Å². The van der Waals surface area contributed by atoms with Crippen LogP contribution in [0.5, 0.6) is 0 Å². The maximum absolute atomic E-state index is 12.7. The van der Waals surface area contributed by atoms with Gasteiger partial charge >= 0.3 is 0 Å². The van der Waals surface area contributed by atoms with Crippen LogP contribution in [0.25, 0.3) is 0 Å². The van der Waals surface area contributed by atoms with Crippen LogP contribution in [0, 0.1) is 0 Å². The predicted molar refractivity (Wildman–Crippen MR) is 87.2 cm³/mol. The number of carbonyl (C=O) groups is 1. The summed E-state index contributed by atoms with van der Waals surface area (Å²) in [4.78, 5) is 18.8. The fraction of sp³-hybridized carbons (Fsp3) is 0.600. The first kappa shape index (κ1) is 17.0. The van der Waals surface area contributed by atoms with Crippen molar-refractivity contribution in [2.75, 3.05) is 18.9 Å². The zero-order valence-corrected chi connectivity index (χ0v) is 14.5. The Balaban J connectivity index is 3.10. The number of aromatic nitrogens is 1. The van der Waals surface area contributed by atoms with E-state index in [2.05, 4.69) is 53.9 Å². The first-order valence-corrected chi connectivity index (χ1v) is 7.80. The second kappa shape index (κ2) is 7.07. The van der Waals surface area contributed by atoms with E-state index in [1.54, 1.807) is 11.1 Å². The Bertz CT molecular complexity index is 474. The summed E-state index contributed by atoms with van der Waals surface area (Å²) < 4.78 is 0.811. The fourth-order valence-electron chi connectivity index (χ4n) is 1.68. The highest BCUT2D eigenvalue weighted by Crippen LogP contribution is 2.24. The second-order valence-electron chi connectivity index (χ2n) is 5.51. The maximum Gasteiger partial charge on any atom is 0.257 e. The molecule has 1 N–H and O–H groups in total. The Morgan fingerprint density at radius 2 is 2.10 bits per heavy atom. The summed E-state index contributed by atoms with van der Waals surface area (Å²) in [6.45, 7) is 9.10. The summed E-state index contributed by atoms with van der Waals surface area (Å²) in [7, 11) is 1.84. The van der Waals surface area contributed by atoms with Crippen LogP contribution in [0.15, 0.2) is 16.7 Å². The summed E-state index contributed by atoms with van der Waals surface area (Å²) in [6.07, 6.45) is 3.59. The van der Waals surface area contributed by atoms with E-state index < -0.39 is 0 Å². The van der Waals surface area contributed by atoms with E-state index in [9.17, 15) is 4.79 Å². The molecule has 0 radical (unpaired) electrons. The number of anilines is 1. The third kappa shape index (κ3) is 3.95. The number of rotatable bonds is 6. The lowest BCUT2D eigenvalue weighted by Gasteiger charge is -2.35. The molecule has 0 aromatic carbocycles. The van der Waals surface area contributed by atoms with Crippen molar-refractivity contribution in [3.05, 3.63) is 22.3 Å². The number of nitrogens with zero attached hydrogens (tertiary/aromatic N) is 2. The monoisotopic (exact) mass is 341 g/mol. The van der Waals surface area contributed by atoms with Gasteiger partial charge in [0.05, 0.1) is 5.56 Å². The van der Waals surface area contributed by atoms with Crippen molar-refractivity contribution in [3.63, 3.8) is 0 Å². The first-order valence-electron chi connectivity index (χ1n) is 7.01. The van der Waals surface area contributed by atoms with Gasteiger partial charge in [-0.25, -0.2) is 4.98 Å². The van der Waals surface area contributed by atoms with Gasteiger partial charge in [0.1, 0.15) is 5.82 Å². The van der Waals surface area contributed by atoms with E-state index >= 15 is 0 Å². The zero-order chi connectivity index (χ0) is 15.3. The molecule has 1 aromatic rings. The molecule has 112 valence electrons. The minimum Gasteiger partial charge on any atom is -0.369 e. The summed E-state index contributed by atoms with van der Waals surface area (Å²) in [5, 5.41) is 3.22. The van der Waals surface area contributed by atoms with Gasteiger partial charge in [0.15, 0.2) is 0 Å². The first-order chi connectivity index (χ1) is 9.33. The minimum atomic E-state index is -0.179. The standard InChI is InChI=1S/C15H24BrN3O/c1-6-8-17-13-12(9-11(16)10-18-13)14(20)19(5)15(3,4)7-2/h9-10H,6-8H2,1-5H3,(H,17,18). The molecular weight excluding hydrogens is 318 g/mol. The van der Waals surface area contributed by atoms with Gasteiger partial charge < -0.3 is 10.2 Å². The lowest BCUT2D eigenvalue weighted by molar-refractivity contribution is 0.0621. The lowest BCUT2D eigenvalue weighted by atomic mass is 9.99. The molecule has 4 nitrogen and oxygen atoms in total. The number of hydrogen-bond donors (Lipinski definition) is 1. The Morgan fingerprint density at radius 3 is 2.65 bits per heavy atom. The van der Waals surface area contributed by atoms with E-state index in [1.165, 1.54) is 0 Å². The molecule has 0 atom stereocenters. The van der Waals surface area contributed by atoms with Crippen molar-refractivity contribution >= 4 is 27.7 Å². The molecule has 1 aromatic heterocycles. The fourth-order valence-corrected chi connectivity index (χ4v) is 2.01. The molecule has 1 heterocycles. The third-order valence-corrected chi connectivity index (χ3v) is 4.14. The van der Waals surface area contributed by atoms with Crippen molar-refractivity contribution in [2.24, 2.45) is 0 Å². The number of halogens is 1. The average molecular weight is 342 g/mol. The number of amides is 1. The number of nitrogens with one attached hydrogen (secondary N) is 1. The molecule has 0 fully saturated rings. The summed E-state index contributed by atoms with van der Waals surface area (Å²) in [6, 6.07) is 1.83. The van der Waals surface area contributed by atoms with Gasteiger partial charge in [-0.1, -0.05) is 13.8 Å².